The summed E-state index contributed by atoms with van der Waals surface area (Å²) in [5.74, 6) is 1.40. The number of hydrogen-bond donors (Lipinski definition) is 0. The van der Waals surface area contributed by atoms with Gasteiger partial charge in [0.1, 0.15) is 12.4 Å². The molecule has 1 aromatic rings. The lowest BCUT2D eigenvalue weighted by atomic mass is 9.85. The van der Waals surface area contributed by atoms with Gasteiger partial charge in [0.2, 0.25) is 0 Å². The Morgan fingerprint density at radius 3 is 2.48 bits per heavy atom. The molecule has 0 spiro atoms. The fraction of sp³-hybridized carbons (Fsp3) is 0.556. The van der Waals surface area contributed by atoms with Crippen LogP contribution in [0.1, 0.15) is 44.1 Å². The molecule has 2 fully saturated rings. The minimum Gasteiger partial charge on any atom is -0.489 e. The molecular formula is C18H23FO2. The summed E-state index contributed by atoms with van der Waals surface area (Å²) < 4.78 is 25.6. The molecule has 1 aromatic carbocycles. The topological polar surface area (TPSA) is 18.5 Å². The van der Waals surface area contributed by atoms with Crippen molar-refractivity contribution in [3.05, 3.63) is 35.7 Å². The van der Waals surface area contributed by atoms with Gasteiger partial charge in [-0.05, 0) is 57.1 Å². The van der Waals surface area contributed by atoms with Gasteiger partial charge in [0.05, 0.1) is 6.10 Å². The van der Waals surface area contributed by atoms with Gasteiger partial charge in [-0.1, -0.05) is 18.6 Å². The van der Waals surface area contributed by atoms with E-state index in [-0.39, 0.29) is 11.9 Å². The molecule has 2 aliphatic rings. The summed E-state index contributed by atoms with van der Waals surface area (Å²) in [7, 11) is 0. The quantitative estimate of drug-likeness (QED) is 0.701. The van der Waals surface area contributed by atoms with E-state index in [0.29, 0.717) is 23.7 Å². The summed E-state index contributed by atoms with van der Waals surface area (Å²) in [6.45, 7) is 2.24. The molecule has 0 aromatic heterocycles. The average molecular weight is 290 g/mol. The highest BCUT2D eigenvalue weighted by molar-refractivity contribution is 5.41. The van der Waals surface area contributed by atoms with Crippen LogP contribution in [0.3, 0.4) is 0 Å². The first-order valence-corrected chi connectivity index (χ1v) is 7.99. The highest BCUT2D eigenvalue weighted by atomic mass is 19.1. The van der Waals surface area contributed by atoms with E-state index < -0.39 is 0 Å². The van der Waals surface area contributed by atoms with Crippen molar-refractivity contribution in [3.8, 4) is 11.5 Å². The number of ether oxygens (including phenoxy) is 2. The van der Waals surface area contributed by atoms with Crippen molar-refractivity contribution >= 4 is 0 Å². The molecule has 21 heavy (non-hydrogen) atoms. The monoisotopic (exact) mass is 290 g/mol. The first kappa shape index (κ1) is 14.4. The summed E-state index contributed by atoms with van der Waals surface area (Å²) >= 11 is 0. The molecule has 114 valence electrons. The lowest BCUT2D eigenvalue weighted by Gasteiger charge is -2.27. The van der Waals surface area contributed by atoms with Gasteiger partial charge in [-0.2, -0.15) is 0 Å². The lowest BCUT2D eigenvalue weighted by molar-refractivity contribution is 0.114. The Bertz CT molecular complexity index is 516. The average Bonchev–Trinajstić information content (AvgIpc) is 2.38. The van der Waals surface area contributed by atoms with E-state index >= 15 is 0 Å². The van der Waals surface area contributed by atoms with E-state index in [1.54, 1.807) is 13.0 Å². The van der Waals surface area contributed by atoms with E-state index in [9.17, 15) is 4.39 Å². The van der Waals surface area contributed by atoms with Crippen LogP contribution in [-0.2, 0) is 0 Å². The third kappa shape index (κ3) is 3.39. The number of rotatable bonds is 6. The van der Waals surface area contributed by atoms with Crippen LogP contribution in [0.4, 0.5) is 4.39 Å². The Hall–Kier alpha value is -1.51. The van der Waals surface area contributed by atoms with Crippen LogP contribution in [-0.4, -0.2) is 12.7 Å². The molecule has 2 nitrogen and oxygen atoms in total. The van der Waals surface area contributed by atoms with Gasteiger partial charge < -0.3 is 9.47 Å². The van der Waals surface area contributed by atoms with Crippen LogP contribution in [0, 0.1) is 18.7 Å². The molecule has 0 heterocycles. The van der Waals surface area contributed by atoms with E-state index in [0.717, 1.165) is 18.8 Å². The Morgan fingerprint density at radius 1 is 1.14 bits per heavy atom. The normalized spacial score (nSPS) is 19.3. The maximum absolute atomic E-state index is 14.3. The summed E-state index contributed by atoms with van der Waals surface area (Å²) in [6.07, 6.45) is 11.6. The van der Waals surface area contributed by atoms with Gasteiger partial charge >= 0.3 is 0 Å². The highest BCUT2D eigenvalue weighted by Crippen LogP contribution is 2.32. The zero-order valence-electron chi connectivity index (χ0n) is 12.6. The Morgan fingerprint density at radius 2 is 1.86 bits per heavy atom. The second-order valence-electron chi connectivity index (χ2n) is 6.10. The summed E-state index contributed by atoms with van der Waals surface area (Å²) in [6, 6.07) is 3.50. The molecule has 0 unspecified atom stereocenters. The molecule has 0 atom stereocenters. The smallest absolute Gasteiger partial charge is 0.171 e. The second-order valence-corrected chi connectivity index (χ2v) is 6.10. The minimum absolute atomic E-state index is 0.191. The third-order valence-corrected chi connectivity index (χ3v) is 4.54. The zero-order valence-corrected chi connectivity index (χ0v) is 12.6. The Labute approximate surface area is 126 Å². The standard InChI is InChI=1S/C18H23FO2/c1-13-16(20-12-4-7-14-5-2-6-14)10-11-17(18(13)19)21-15-8-3-9-15/h4,7,10-11,14-15H,2-3,5-6,8-9,12H2,1H3/b7-4+. The number of halogens is 1. The fourth-order valence-corrected chi connectivity index (χ4v) is 2.58. The van der Waals surface area contributed by atoms with Crippen LogP contribution in [0.5, 0.6) is 11.5 Å². The molecule has 0 amide bonds. The predicted molar refractivity (Wildman–Crippen MR) is 81.4 cm³/mol. The maximum Gasteiger partial charge on any atom is 0.171 e. The van der Waals surface area contributed by atoms with Gasteiger partial charge in [0.15, 0.2) is 11.6 Å². The molecule has 3 rings (SSSR count). The molecule has 2 saturated carbocycles. The predicted octanol–water partition coefficient (Wildman–Crippen LogP) is 4.80. The van der Waals surface area contributed by atoms with E-state index in [2.05, 4.69) is 6.08 Å². The van der Waals surface area contributed by atoms with E-state index in [4.69, 9.17) is 9.47 Å². The molecule has 0 radical (unpaired) electrons. The summed E-state index contributed by atoms with van der Waals surface area (Å²) in [4.78, 5) is 0. The van der Waals surface area contributed by atoms with Crippen molar-refractivity contribution in [1.82, 2.24) is 0 Å². The SMILES string of the molecule is Cc1c(OC/C=C/C2CCC2)ccc(OC2CCC2)c1F. The first-order valence-electron chi connectivity index (χ1n) is 7.99. The van der Waals surface area contributed by atoms with Crippen molar-refractivity contribution in [1.29, 1.82) is 0 Å². The van der Waals surface area contributed by atoms with Crippen LogP contribution in [0.2, 0.25) is 0 Å². The molecule has 0 bridgehead atoms. The van der Waals surface area contributed by atoms with Gasteiger partial charge in [0, 0.05) is 5.56 Å². The minimum atomic E-state index is -0.289. The lowest BCUT2D eigenvalue weighted by Crippen LogP contribution is -2.25. The third-order valence-electron chi connectivity index (χ3n) is 4.54. The second kappa shape index (κ2) is 6.50. The van der Waals surface area contributed by atoms with Crippen molar-refractivity contribution in [2.24, 2.45) is 5.92 Å². The fourth-order valence-electron chi connectivity index (χ4n) is 2.58. The molecular weight excluding hydrogens is 267 g/mol. The van der Waals surface area contributed by atoms with Gasteiger partial charge in [0.25, 0.3) is 0 Å². The highest BCUT2D eigenvalue weighted by Gasteiger charge is 2.21. The van der Waals surface area contributed by atoms with Crippen molar-refractivity contribution < 1.29 is 13.9 Å². The van der Waals surface area contributed by atoms with Gasteiger partial charge in [-0.15, -0.1) is 0 Å². The van der Waals surface area contributed by atoms with E-state index in [1.807, 2.05) is 12.1 Å². The number of benzene rings is 1. The number of allylic oxidation sites excluding steroid dienone is 1. The van der Waals surface area contributed by atoms with Crippen molar-refractivity contribution in [2.75, 3.05) is 6.61 Å². The first-order chi connectivity index (χ1) is 10.2. The molecule has 0 N–H and O–H groups in total. The maximum atomic E-state index is 14.3. The number of hydrogen-bond acceptors (Lipinski definition) is 2. The van der Waals surface area contributed by atoms with E-state index in [1.165, 1.54) is 25.7 Å². The van der Waals surface area contributed by atoms with Gasteiger partial charge in [-0.3, -0.25) is 0 Å². The van der Waals surface area contributed by atoms with Crippen LogP contribution >= 0.6 is 0 Å². The van der Waals surface area contributed by atoms with Crippen LogP contribution in [0.25, 0.3) is 0 Å². The molecule has 0 aliphatic heterocycles. The van der Waals surface area contributed by atoms with Crippen LogP contribution < -0.4 is 9.47 Å². The van der Waals surface area contributed by atoms with Gasteiger partial charge in [-0.25, -0.2) is 4.39 Å². The molecule has 0 saturated heterocycles. The van der Waals surface area contributed by atoms with Crippen molar-refractivity contribution in [2.45, 2.75) is 51.6 Å². The largest absolute Gasteiger partial charge is 0.489 e. The molecule has 2 aliphatic carbocycles. The molecule has 3 heteroatoms. The zero-order chi connectivity index (χ0) is 14.7. The van der Waals surface area contributed by atoms with Crippen molar-refractivity contribution in [3.63, 3.8) is 0 Å². The summed E-state index contributed by atoms with van der Waals surface area (Å²) in [5.41, 5.74) is 0.531. The summed E-state index contributed by atoms with van der Waals surface area (Å²) in [5, 5.41) is 0. The Balaban J connectivity index is 1.57. The Kier molecular flexibility index (Phi) is 4.47. The van der Waals surface area contributed by atoms with Crippen LogP contribution in [0.15, 0.2) is 24.3 Å².